The molecule has 0 unspecified atom stereocenters. The van der Waals surface area contributed by atoms with E-state index in [4.69, 9.17) is 21.3 Å². The van der Waals surface area contributed by atoms with Gasteiger partial charge in [-0.3, -0.25) is 9.59 Å². The largest absolute Gasteiger partial charge is 0.491 e. The number of halogens is 1. The van der Waals surface area contributed by atoms with Crippen LogP contribution in [-0.2, 0) is 4.79 Å². The molecular formula is C21H21FN4O4S. The van der Waals surface area contributed by atoms with E-state index in [1.54, 1.807) is 31.2 Å². The number of ether oxygens (including phenoxy) is 1. The number of thiazole rings is 1. The summed E-state index contributed by atoms with van der Waals surface area (Å²) in [6.07, 6.45) is 0. The Bertz CT molecular complexity index is 1070. The Kier molecular flexibility index (Phi) is 6.83. The van der Waals surface area contributed by atoms with E-state index >= 15 is 0 Å². The molecule has 0 aliphatic carbocycles. The van der Waals surface area contributed by atoms with Crippen LogP contribution in [0.5, 0.6) is 5.75 Å². The van der Waals surface area contributed by atoms with Crippen molar-refractivity contribution in [1.29, 1.82) is 0 Å². The van der Waals surface area contributed by atoms with Crippen LogP contribution in [0.15, 0.2) is 48.5 Å². The normalized spacial score (nSPS) is 11.7. The average Bonchev–Trinajstić information content (AvgIpc) is 3.14. The lowest BCUT2D eigenvalue weighted by molar-refractivity contribution is -0.118. The number of hydrogen-bond acceptors (Lipinski definition) is 8. The highest BCUT2D eigenvalue weighted by Crippen LogP contribution is 2.36. The van der Waals surface area contributed by atoms with E-state index in [2.05, 4.69) is 4.98 Å². The molecule has 0 aliphatic rings. The van der Waals surface area contributed by atoms with Crippen molar-refractivity contribution in [1.82, 2.24) is 4.98 Å². The van der Waals surface area contributed by atoms with Crippen LogP contribution < -0.4 is 21.1 Å². The molecule has 8 nitrogen and oxygen atoms in total. The number of rotatable bonds is 9. The molecule has 0 bridgehead atoms. The number of carbonyl (C=O) groups excluding carboxylic acids is 2. The Balaban J connectivity index is 1.93. The average molecular weight is 444 g/mol. The van der Waals surface area contributed by atoms with Crippen molar-refractivity contribution in [2.45, 2.75) is 13.0 Å². The van der Waals surface area contributed by atoms with Crippen molar-refractivity contribution >= 4 is 39.7 Å². The molecule has 3 rings (SSSR count). The first-order valence-corrected chi connectivity index (χ1v) is 10.1. The molecule has 0 saturated heterocycles. The lowest BCUT2D eigenvalue weighted by Crippen LogP contribution is -2.39. The molecule has 0 aliphatic heterocycles. The lowest BCUT2D eigenvalue weighted by atomic mass is 10.1. The SMILES string of the molecule is C[C@H](C(N)=O)N(c1ccc(F)cc1)c1nc(N)c(C(=O)c2ccc(OCCO)cc2)s1. The van der Waals surface area contributed by atoms with Gasteiger partial charge in [-0.05, 0) is 55.5 Å². The van der Waals surface area contributed by atoms with Gasteiger partial charge in [0, 0.05) is 11.3 Å². The molecule has 5 N–H and O–H groups in total. The molecule has 0 radical (unpaired) electrons. The van der Waals surface area contributed by atoms with Crippen LogP contribution in [0.1, 0.15) is 22.2 Å². The second kappa shape index (κ2) is 9.54. The Morgan fingerprint density at radius 2 is 1.84 bits per heavy atom. The number of hydrogen-bond donors (Lipinski definition) is 3. The first-order chi connectivity index (χ1) is 14.8. The number of aliphatic hydroxyl groups excluding tert-OH is 1. The Labute approximate surface area is 181 Å². The van der Waals surface area contributed by atoms with Gasteiger partial charge in [0.1, 0.15) is 34.9 Å². The van der Waals surface area contributed by atoms with Crippen LogP contribution >= 0.6 is 11.3 Å². The molecule has 1 atom stereocenters. The highest BCUT2D eigenvalue weighted by molar-refractivity contribution is 7.18. The number of nitrogen functional groups attached to an aromatic ring is 1. The van der Waals surface area contributed by atoms with E-state index in [1.165, 1.54) is 29.2 Å². The number of aromatic nitrogens is 1. The first-order valence-electron chi connectivity index (χ1n) is 9.30. The molecule has 1 heterocycles. The lowest BCUT2D eigenvalue weighted by Gasteiger charge is -2.26. The van der Waals surface area contributed by atoms with E-state index in [0.717, 1.165) is 11.3 Å². The van der Waals surface area contributed by atoms with Crippen LogP contribution in [0.4, 0.5) is 21.0 Å². The summed E-state index contributed by atoms with van der Waals surface area (Å²) in [4.78, 5) is 30.8. The summed E-state index contributed by atoms with van der Waals surface area (Å²) in [5.41, 5.74) is 12.3. The molecule has 0 fully saturated rings. The van der Waals surface area contributed by atoms with Gasteiger partial charge < -0.3 is 26.2 Å². The molecular weight excluding hydrogens is 423 g/mol. The molecule has 0 spiro atoms. The maximum atomic E-state index is 13.4. The molecule has 0 saturated carbocycles. The summed E-state index contributed by atoms with van der Waals surface area (Å²) in [5, 5.41) is 9.10. The van der Waals surface area contributed by atoms with Crippen molar-refractivity contribution in [3.05, 3.63) is 64.8 Å². The third-order valence-corrected chi connectivity index (χ3v) is 5.50. The zero-order chi connectivity index (χ0) is 22.5. The van der Waals surface area contributed by atoms with Gasteiger partial charge in [0.25, 0.3) is 0 Å². The topological polar surface area (TPSA) is 132 Å². The number of aliphatic hydroxyl groups is 1. The van der Waals surface area contributed by atoms with E-state index in [-0.39, 0.29) is 34.8 Å². The van der Waals surface area contributed by atoms with Crippen LogP contribution in [0.3, 0.4) is 0 Å². The molecule has 162 valence electrons. The van der Waals surface area contributed by atoms with Gasteiger partial charge in [-0.2, -0.15) is 0 Å². The predicted molar refractivity (Wildman–Crippen MR) is 116 cm³/mol. The maximum Gasteiger partial charge on any atom is 0.240 e. The smallest absolute Gasteiger partial charge is 0.240 e. The zero-order valence-corrected chi connectivity index (χ0v) is 17.4. The number of nitrogens with two attached hydrogens (primary N) is 2. The predicted octanol–water partition coefficient (Wildman–Crippen LogP) is 2.48. The van der Waals surface area contributed by atoms with E-state index in [9.17, 15) is 14.0 Å². The van der Waals surface area contributed by atoms with E-state index < -0.39 is 17.8 Å². The van der Waals surface area contributed by atoms with Crippen LogP contribution in [0.2, 0.25) is 0 Å². The van der Waals surface area contributed by atoms with Crippen molar-refractivity contribution < 1.29 is 23.8 Å². The molecule has 1 amide bonds. The maximum absolute atomic E-state index is 13.4. The quantitative estimate of drug-likeness (QED) is 0.432. The monoisotopic (exact) mass is 444 g/mol. The van der Waals surface area contributed by atoms with Crippen molar-refractivity contribution in [3.63, 3.8) is 0 Å². The number of benzene rings is 2. The molecule has 10 heteroatoms. The minimum Gasteiger partial charge on any atom is -0.491 e. The third kappa shape index (κ3) is 4.98. The number of primary amides is 1. The van der Waals surface area contributed by atoms with Crippen LogP contribution in [0.25, 0.3) is 0 Å². The summed E-state index contributed by atoms with van der Waals surface area (Å²) in [6.45, 7) is 1.61. The number of amides is 1. The van der Waals surface area contributed by atoms with Crippen LogP contribution in [-0.4, -0.2) is 41.0 Å². The number of carbonyl (C=O) groups is 2. The molecule has 1 aromatic heterocycles. The summed E-state index contributed by atoms with van der Waals surface area (Å²) >= 11 is 1.01. The van der Waals surface area contributed by atoms with Gasteiger partial charge in [0.2, 0.25) is 11.7 Å². The molecule has 3 aromatic rings. The Morgan fingerprint density at radius 3 is 2.42 bits per heavy atom. The van der Waals surface area contributed by atoms with Gasteiger partial charge in [0.15, 0.2) is 5.13 Å². The van der Waals surface area contributed by atoms with Gasteiger partial charge in [-0.25, -0.2) is 9.37 Å². The summed E-state index contributed by atoms with van der Waals surface area (Å²) in [6, 6.07) is 11.0. The fraction of sp³-hybridized carbons (Fsp3) is 0.190. The van der Waals surface area contributed by atoms with Crippen molar-refractivity contribution in [2.75, 3.05) is 23.8 Å². The summed E-state index contributed by atoms with van der Waals surface area (Å²) < 4.78 is 18.7. The fourth-order valence-corrected chi connectivity index (χ4v) is 3.86. The number of anilines is 3. The van der Waals surface area contributed by atoms with Gasteiger partial charge in [-0.15, -0.1) is 0 Å². The molecule has 31 heavy (non-hydrogen) atoms. The van der Waals surface area contributed by atoms with E-state index in [1.807, 2.05) is 0 Å². The van der Waals surface area contributed by atoms with Crippen molar-refractivity contribution in [2.24, 2.45) is 5.73 Å². The highest BCUT2D eigenvalue weighted by Gasteiger charge is 2.27. The fourth-order valence-electron chi connectivity index (χ4n) is 2.81. The third-order valence-electron chi connectivity index (χ3n) is 4.43. The van der Waals surface area contributed by atoms with Crippen molar-refractivity contribution in [3.8, 4) is 5.75 Å². The van der Waals surface area contributed by atoms with Crippen LogP contribution in [0, 0.1) is 5.82 Å². The number of nitrogens with zero attached hydrogens (tertiary/aromatic N) is 2. The Morgan fingerprint density at radius 1 is 1.19 bits per heavy atom. The first kappa shape index (κ1) is 22.2. The summed E-state index contributed by atoms with van der Waals surface area (Å²) in [5.74, 6) is -0.878. The van der Waals surface area contributed by atoms with Gasteiger partial charge >= 0.3 is 0 Å². The second-order valence-electron chi connectivity index (χ2n) is 6.56. The standard InChI is InChI=1S/C21H21FN4O4S/c1-12(20(24)29)26(15-6-4-14(22)5-7-15)21-25-19(23)18(31-21)17(28)13-2-8-16(9-3-13)30-11-10-27/h2-9,12,27H,10-11,23H2,1H3,(H2,24,29)/t12-/m1/s1. The Hall–Kier alpha value is -3.50. The molecule has 2 aromatic carbocycles. The zero-order valence-electron chi connectivity index (χ0n) is 16.6. The number of ketones is 1. The highest BCUT2D eigenvalue weighted by atomic mass is 32.1. The van der Waals surface area contributed by atoms with E-state index in [0.29, 0.717) is 17.0 Å². The summed E-state index contributed by atoms with van der Waals surface area (Å²) in [7, 11) is 0. The second-order valence-corrected chi connectivity index (χ2v) is 7.54. The minimum absolute atomic E-state index is 0.00869. The van der Waals surface area contributed by atoms with Gasteiger partial charge in [-0.1, -0.05) is 11.3 Å². The minimum atomic E-state index is -0.818. The van der Waals surface area contributed by atoms with Gasteiger partial charge in [0.05, 0.1) is 6.61 Å².